The first kappa shape index (κ1) is 16.6. The summed E-state index contributed by atoms with van der Waals surface area (Å²) in [5.74, 6) is 1.20. The number of rotatable bonds is 6. The Balaban J connectivity index is 1.98. The summed E-state index contributed by atoms with van der Waals surface area (Å²) in [5.41, 5.74) is 0.459. The van der Waals surface area contributed by atoms with Gasteiger partial charge in [0.1, 0.15) is 0 Å². The van der Waals surface area contributed by atoms with Crippen molar-refractivity contribution in [1.82, 2.24) is 5.32 Å². The lowest BCUT2D eigenvalue weighted by molar-refractivity contribution is 0.0948. The number of hydrogen-bond acceptors (Lipinski definition) is 5. The van der Waals surface area contributed by atoms with Crippen molar-refractivity contribution in [3.63, 3.8) is 0 Å². The molecule has 6 nitrogen and oxygen atoms in total. The molecule has 0 bridgehead atoms. The second kappa shape index (κ2) is 7.00. The molecule has 22 heavy (non-hydrogen) atoms. The van der Waals surface area contributed by atoms with E-state index in [1.54, 1.807) is 18.2 Å². The van der Waals surface area contributed by atoms with E-state index >= 15 is 0 Å². The third-order valence-corrected chi connectivity index (χ3v) is 5.44. The summed E-state index contributed by atoms with van der Waals surface area (Å²) in [6.07, 6.45) is 0.606. The van der Waals surface area contributed by atoms with E-state index in [0.29, 0.717) is 36.6 Å². The molecule has 1 atom stereocenters. The van der Waals surface area contributed by atoms with Crippen LogP contribution in [0, 0.1) is 5.92 Å². The lowest BCUT2D eigenvalue weighted by Gasteiger charge is -2.12. The molecule has 0 saturated carbocycles. The van der Waals surface area contributed by atoms with Gasteiger partial charge in [0, 0.05) is 12.1 Å². The SMILES string of the molecule is CCOc1ccc(C(=O)NC[C@H]2CCS(=O)(=O)C2)cc1OC. The maximum absolute atomic E-state index is 12.1. The highest BCUT2D eigenvalue weighted by Gasteiger charge is 2.28. The number of sulfone groups is 1. The molecule has 1 aromatic carbocycles. The predicted molar refractivity (Wildman–Crippen MR) is 83.3 cm³/mol. The van der Waals surface area contributed by atoms with E-state index in [1.165, 1.54) is 7.11 Å². The van der Waals surface area contributed by atoms with Crippen LogP contribution < -0.4 is 14.8 Å². The minimum atomic E-state index is -2.92. The van der Waals surface area contributed by atoms with Crippen molar-refractivity contribution < 1.29 is 22.7 Å². The number of ether oxygens (including phenoxy) is 2. The minimum Gasteiger partial charge on any atom is -0.493 e. The number of amides is 1. The van der Waals surface area contributed by atoms with Crippen molar-refractivity contribution in [2.75, 3.05) is 31.8 Å². The zero-order valence-electron chi connectivity index (χ0n) is 12.8. The van der Waals surface area contributed by atoms with Gasteiger partial charge in [-0.15, -0.1) is 0 Å². The van der Waals surface area contributed by atoms with Gasteiger partial charge in [0.25, 0.3) is 5.91 Å². The number of benzene rings is 1. The fraction of sp³-hybridized carbons (Fsp3) is 0.533. The average molecular weight is 327 g/mol. The Morgan fingerprint density at radius 3 is 2.73 bits per heavy atom. The van der Waals surface area contributed by atoms with E-state index in [0.717, 1.165) is 0 Å². The van der Waals surface area contributed by atoms with Crippen LogP contribution in [0.1, 0.15) is 23.7 Å². The van der Waals surface area contributed by atoms with E-state index in [9.17, 15) is 13.2 Å². The molecule has 122 valence electrons. The van der Waals surface area contributed by atoms with Gasteiger partial charge in [-0.3, -0.25) is 4.79 Å². The molecule has 0 aliphatic carbocycles. The van der Waals surface area contributed by atoms with Crippen LogP contribution in [-0.4, -0.2) is 46.1 Å². The van der Waals surface area contributed by atoms with Gasteiger partial charge in [0.2, 0.25) is 0 Å². The molecule has 1 N–H and O–H groups in total. The smallest absolute Gasteiger partial charge is 0.251 e. The van der Waals surface area contributed by atoms with Crippen LogP contribution in [0.5, 0.6) is 11.5 Å². The van der Waals surface area contributed by atoms with Gasteiger partial charge in [-0.2, -0.15) is 0 Å². The zero-order chi connectivity index (χ0) is 16.2. The monoisotopic (exact) mass is 327 g/mol. The first-order chi connectivity index (χ1) is 10.4. The molecule has 7 heteroatoms. The standard InChI is InChI=1S/C15H21NO5S/c1-3-21-13-5-4-12(8-14(13)20-2)15(17)16-9-11-6-7-22(18,19)10-11/h4-5,8,11H,3,6-7,9-10H2,1-2H3,(H,16,17)/t11-/m1/s1. The van der Waals surface area contributed by atoms with Crippen LogP contribution >= 0.6 is 0 Å². The fourth-order valence-corrected chi connectivity index (χ4v) is 4.32. The van der Waals surface area contributed by atoms with Crippen molar-refractivity contribution in [3.05, 3.63) is 23.8 Å². The second-order valence-electron chi connectivity index (χ2n) is 5.28. The van der Waals surface area contributed by atoms with Crippen LogP contribution in [0.3, 0.4) is 0 Å². The number of hydrogen-bond donors (Lipinski definition) is 1. The molecular formula is C15H21NO5S. The van der Waals surface area contributed by atoms with Gasteiger partial charge in [-0.25, -0.2) is 8.42 Å². The average Bonchev–Trinajstić information content (AvgIpc) is 2.84. The second-order valence-corrected chi connectivity index (χ2v) is 7.51. The molecule has 1 amide bonds. The third-order valence-electron chi connectivity index (χ3n) is 3.60. The van der Waals surface area contributed by atoms with E-state index < -0.39 is 9.84 Å². The van der Waals surface area contributed by atoms with Crippen LogP contribution in [0.2, 0.25) is 0 Å². The molecule has 1 saturated heterocycles. The van der Waals surface area contributed by atoms with Gasteiger partial charge >= 0.3 is 0 Å². The molecule has 0 aromatic heterocycles. The Bertz CT molecular complexity index is 641. The Labute approximate surface area is 130 Å². The van der Waals surface area contributed by atoms with Crippen molar-refractivity contribution in [2.24, 2.45) is 5.92 Å². The van der Waals surface area contributed by atoms with Gasteiger partial charge in [0.15, 0.2) is 21.3 Å². The first-order valence-electron chi connectivity index (χ1n) is 7.24. The highest BCUT2D eigenvalue weighted by atomic mass is 32.2. The largest absolute Gasteiger partial charge is 0.493 e. The van der Waals surface area contributed by atoms with E-state index in [1.807, 2.05) is 6.92 Å². The molecule has 1 aliphatic heterocycles. The van der Waals surface area contributed by atoms with Crippen molar-refractivity contribution in [3.8, 4) is 11.5 Å². The topological polar surface area (TPSA) is 81.7 Å². The lowest BCUT2D eigenvalue weighted by atomic mass is 10.1. The molecule has 0 spiro atoms. The molecule has 1 aliphatic rings. The third kappa shape index (κ3) is 4.13. The van der Waals surface area contributed by atoms with Crippen LogP contribution in [0.15, 0.2) is 18.2 Å². The maximum atomic E-state index is 12.1. The lowest BCUT2D eigenvalue weighted by Crippen LogP contribution is -2.29. The number of methoxy groups -OCH3 is 1. The van der Waals surface area contributed by atoms with Gasteiger partial charge in [-0.1, -0.05) is 0 Å². The van der Waals surface area contributed by atoms with Crippen molar-refractivity contribution >= 4 is 15.7 Å². The van der Waals surface area contributed by atoms with Gasteiger partial charge in [-0.05, 0) is 37.5 Å². The minimum absolute atomic E-state index is 0.00135. The van der Waals surface area contributed by atoms with Crippen LogP contribution in [0.4, 0.5) is 0 Å². The van der Waals surface area contributed by atoms with Gasteiger partial charge < -0.3 is 14.8 Å². The summed E-state index contributed by atoms with van der Waals surface area (Å²) >= 11 is 0. The molecule has 1 heterocycles. The summed E-state index contributed by atoms with van der Waals surface area (Å²) in [6.45, 7) is 2.75. The summed E-state index contributed by atoms with van der Waals surface area (Å²) in [5, 5.41) is 2.78. The quantitative estimate of drug-likeness (QED) is 0.850. The predicted octanol–water partition coefficient (Wildman–Crippen LogP) is 1.26. The number of carbonyl (C=O) groups excluding carboxylic acids is 1. The fourth-order valence-electron chi connectivity index (χ4n) is 2.46. The van der Waals surface area contributed by atoms with E-state index in [2.05, 4.69) is 5.32 Å². The summed E-state index contributed by atoms with van der Waals surface area (Å²) in [4.78, 5) is 12.1. The van der Waals surface area contributed by atoms with Crippen LogP contribution in [0.25, 0.3) is 0 Å². The summed E-state index contributed by atoms with van der Waals surface area (Å²) in [7, 11) is -1.40. The zero-order valence-corrected chi connectivity index (χ0v) is 13.6. The molecule has 0 unspecified atom stereocenters. The Hall–Kier alpha value is -1.76. The van der Waals surface area contributed by atoms with Gasteiger partial charge in [0.05, 0.1) is 25.2 Å². The highest BCUT2D eigenvalue weighted by molar-refractivity contribution is 7.91. The molecule has 2 rings (SSSR count). The highest BCUT2D eigenvalue weighted by Crippen LogP contribution is 2.28. The molecule has 1 fully saturated rings. The molecule has 0 radical (unpaired) electrons. The van der Waals surface area contributed by atoms with Crippen molar-refractivity contribution in [2.45, 2.75) is 13.3 Å². The summed E-state index contributed by atoms with van der Waals surface area (Å²) in [6, 6.07) is 4.97. The molecule has 1 aromatic rings. The van der Waals surface area contributed by atoms with Crippen LogP contribution in [-0.2, 0) is 9.84 Å². The number of carbonyl (C=O) groups is 1. The summed E-state index contributed by atoms with van der Waals surface area (Å²) < 4.78 is 33.4. The van der Waals surface area contributed by atoms with E-state index in [4.69, 9.17) is 9.47 Å². The van der Waals surface area contributed by atoms with Crippen molar-refractivity contribution in [1.29, 1.82) is 0 Å². The first-order valence-corrected chi connectivity index (χ1v) is 9.06. The number of nitrogens with one attached hydrogen (secondary N) is 1. The normalized spacial score (nSPS) is 19.6. The Morgan fingerprint density at radius 1 is 1.36 bits per heavy atom. The Kier molecular flexibility index (Phi) is 5.28. The Morgan fingerprint density at radius 2 is 2.14 bits per heavy atom. The van der Waals surface area contributed by atoms with E-state index in [-0.39, 0.29) is 23.3 Å². The maximum Gasteiger partial charge on any atom is 0.251 e. The molecular weight excluding hydrogens is 306 g/mol.